The van der Waals surface area contributed by atoms with E-state index in [1.165, 1.54) is 40.4 Å². The quantitative estimate of drug-likeness (QED) is 0.188. The summed E-state index contributed by atoms with van der Waals surface area (Å²) in [7, 11) is 0. The standard InChI is InChI=1S/C10H11BrS3.C6H4BrI.C4H8S3/c11-8-2-1-3-9(4-8)13-6-10-5-12-7-14-10;7-5-2-1-3-6(8)4-5;5-1-4-2-6-3-7-4/h1-4,10H,5-7H2;1-4H;4-5H,1-3H2. The number of hydrogen-bond acceptors (Lipinski definition) is 6. The van der Waals surface area contributed by atoms with Crippen LogP contribution in [0.4, 0.5) is 0 Å². The number of thioether (sulfide) groups is 5. The van der Waals surface area contributed by atoms with E-state index in [1.54, 1.807) is 0 Å². The van der Waals surface area contributed by atoms with Crippen LogP contribution in [0, 0.1) is 3.57 Å². The molecule has 2 unspecified atom stereocenters. The fraction of sp³-hybridized carbons (Fsp3) is 0.400. The van der Waals surface area contributed by atoms with Gasteiger partial charge in [0.25, 0.3) is 0 Å². The minimum atomic E-state index is 0.841. The zero-order valence-electron chi connectivity index (χ0n) is 15.6. The molecule has 29 heavy (non-hydrogen) atoms. The molecule has 2 fully saturated rings. The third-order valence-corrected chi connectivity index (χ3v) is 13.0. The van der Waals surface area contributed by atoms with Crippen molar-refractivity contribution in [3.05, 3.63) is 61.0 Å². The Labute approximate surface area is 232 Å². The van der Waals surface area contributed by atoms with Gasteiger partial charge in [-0.15, -0.1) is 58.8 Å². The van der Waals surface area contributed by atoms with E-state index < -0.39 is 0 Å². The maximum Gasteiger partial charge on any atom is 0.0395 e. The van der Waals surface area contributed by atoms with Gasteiger partial charge in [-0.2, -0.15) is 12.6 Å². The van der Waals surface area contributed by atoms with Crippen molar-refractivity contribution in [1.82, 2.24) is 0 Å². The molecule has 2 aromatic carbocycles. The van der Waals surface area contributed by atoms with Crippen molar-refractivity contribution in [1.29, 1.82) is 0 Å². The van der Waals surface area contributed by atoms with Crippen LogP contribution in [-0.2, 0) is 0 Å². The Bertz CT molecular complexity index is 692. The summed E-state index contributed by atoms with van der Waals surface area (Å²) in [4.78, 5) is 1.37. The van der Waals surface area contributed by atoms with Crippen LogP contribution in [0.15, 0.2) is 62.4 Å². The lowest BCUT2D eigenvalue weighted by molar-refractivity contribution is 1.16. The summed E-state index contributed by atoms with van der Waals surface area (Å²) in [5, 5.41) is 4.26. The van der Waals surface area contributed by atoms with Crippen molar-refractivity contribution >= 4 is 126 Å². The number of rotatable bonds is 4. The minimum absolute atomic E-state index is 0.841. The fourth-order valence-electron chi connectivity index (χ4n) is 2.15. The molecule has 2 aliphatic heterocycles. The third-order valence-electron chi connectivity index (χ3n) is 3.60. The molecular formula is C20H23Br2IS6. The molecule has 0 aliphatic carbocycles. The predicted molar refractivity (Wildman–Crippen MR) is 163 cm³/mol. The number of benzene rings is 2. The van der Waals surface area contributed by atoms with Crippen LogP contribution in [0.25, 0.3) is 0 Å². The molecule has 2 saturated heterocycles. The highest BCUT2D eigenvalue weighted by Crippen LogP contribution is 2.34. The molecule has 2 atom stereocenters. The number of thiol groups is 1. The van der Waals surface area contributed by atoms with E-state index in [0.29, 0.717) is 0 Å². The Hall–Kier alpha value is 2.23. The molecule has 0 nitrogen and oxygen atoms in total. The van der Waals surface area contributed by atoms with Gasteiger partial charge in [-0.1, -0.05) is 44.0 Å². The second-order valence-electron chi connectivity index (χ2n) is 5.95. The largest absolute Gasteiger partial charge is 0.178 e. The number of halogens is 3. The van der Waals surface area contributed by atoms with Gasteiger partial charge in [0, 0.05) is 61.1 Å². The zero-order chi connectivity index (χ0) is 20.9. The van der Waals surface area contributed by atoms with Gasteiger partial charge in [-0.3, -0.25) is 0 Å². The molecule has 160 valence electrons. The molecule has 9 heteroatoms. The summed E-state index contributed by atoms with van der Waals surface area (Å²) >= 11 is 23.5. The first kappa shape index (κ1) is 27.5. The average molecular weight is 743 g/mol. The SMILES string of the molecule is Brc1cccc(I)c1.Brc1cccc(SCC2CSCS2)c1.SCC1CSCS1. The van der Waals surface area contributed by atoms with Crippen LogP contribution in [0.1, 0.15) is 0 Å². The second-order valence-corrected chi connectivity index (χ2v) is 15.8. The highest BCUT2D eigenvalue weighted by atomic mass is 127. The summed E-state index contributed by atoms with van der Waals surface area (Å²) in [5.74, 6) is 4.94. The van der Waals surface area contributed by atoms with Gasteiger partial charge in [0.15, 0.2) is 0 Å². The van der Waals surface area contributed by atoms with Gasteiger partial charge in [0.1, 0.15) is 0 Å². The second kappa shape index (κ2) is 16.8. The summed E-state index contributed by atoms with van der Waals surface area (Å²) in [6, 6.07) is 16.7. The van der Waals surface area contributed by atoms with Crippen LogP contribution in [-0.4, -0.2) is 43.7 Å². The molecular weight excluding hydrogens is 719 g/mol. The normalized spacial score (nSPS) is 20.4. The molecule has 0 aromatic heterocycles. The molecule has 0 saturated carbocycles. The van der Waals surface area contributed by atoms with Crippen molar-refractivity contribution in [3.63, 3.8) is 0 Å². The lowest BCUT2D eigenvalue weighted by atomic mass is 10.4. The zero-order valence-corrected chi connectivity index (χ0v) is 25.9. The fourth-order valence-corrected chi connectivity index (χ4v) is 11.6. The van der Waals surface area contributed by atoms with Gasteiger partial charge < -0.3 is 0 Å². The van der Waals surface area contributed by atoms with Crippen LogP contribution in [0.3, 0.4) is 0 Å². The van der Waals surface area contributed by atoms with E-state index in [4.69, 9.17) is 0 Å². The van der Waals surface area contributed by atoms with Gasteiger partial charge in [-0.25, -0.2) is 0 Å². The molecule has 2 aromatic rings. The van der Waals surface area contributed by atoms with E-state index in [0.717, 1.165) is 20.7 Å². The molecule has 0 spiro atoms. The minimum Gasteiger partial charge on any atom is -0.178 e. The highest BCUT2D eigenvalue weighted by Gasteiger charge is 2.16. The third kappa shape index (κ3) is 12.9. The molecule has 4 rings (SSSR count). The highest BCUT2D eigenvalue weighted by molar-refractivity contribution is 14.1. The summed E-state index contributed by atoms with van der Waals surface area (Å²) in [6.45, 7) is 0. The van der Waals surface area contributed by atoms with Crippen molar-refractivity contribution in [2.24, 2.45) is 0 Å². The molecule has 0 amide bonds. The molecule has 0 bridgehead atoms. The number of hydrogen-bond donors (Lipinski definition) is 1. The van der Waals surface area contributed by atoms with E-state index in [9.17, 15) is 0 Å². The molecule has 0 radical (unpaired) electrons. The van der Waals surface area contributed by atoms with E-state index in [-0.39, 0.29) is 0 Å². The predicted octanol–water partition coefficient (Wildman–Crippen LogP) is 9.12. The van der Waals surface area contributed by atoms with Gasteiger partial charge in [-0.05, 0) is 59.0 Å². The van der Waals surface area contributed by atoms with Crippen molar-refractivity contribution in [2.75, 3.05) is 33.2 Å². The lowest BCUT2D eigenvalue weighted by Crippen LogP contribution is -2.03. The summed E-state index contributed by atoms with van der Waals surface area (Å²) < 4.78 is 3.58. The Morgan fingerprint density at radius 2 is 1.55 bits per heavy atom. The molecule has 2 aliphatic rings. The van der Waals surface area contributed by atoms with Gasteiger partial charge in [0.2, 0.25) is 0 Å². The van der Waals surface area contributed by atoms with Crippen LogP contribution in [0.2, 0.25) is 0 Å². The Balaban J connectivity index is 0.000000170. The Morgan fingerprint density at radius 3 is 2.00 bits per heavy atom. The maximum atomic E-state index is 4.18. The lowest BCUT2D eigenvalue weighted by Gasteiger charge is -2.06. The summed E-state index contributed by atoms with van der Waals surface area (Å²) in [5.41, 5.74) is 0. The monoisotopic (exact) mass is 740 g/mol. The first-order chi connectivity index (χ1) is 14.1. The Kier molecular flexibility index (Phi) is 15.9. The topological polar surface area (TPSA) is 0 Å². The maximum absolute atomic E-state index is 4.18. The first-order valence-electron chi connectivity index (χ1n) is 8.86. The van der Waals surface area contributed by atoms with Gasteiger partial charge in [0.05, 0.1) is 0 Å². The van der Waals surface area contributed by atoms with E-state index in [2.05, 4.69) is 127 Å². The molecule has 2 heterocycles. The van der Waals surface area contributed by atoms with Crippen LogP contribution in [0.5, 0.6) is 0 Å². The smallest absolute Gasteiger partial charge is 0.0395 e. The van der Waals surface area contributed by atoms with E-state index >= 15 is 0 Å². The van der Waals surface area contributed by atoms with E-state index in [1.807, 2.05) is 47.4 Å². The molecule has 0 N–H and O–H groups in total. The van der Waals surface area contributed by atoms with Crippen molar-refractivity contribution < 1.29 is 0 Å². The summed E-state index contributed by atoms with van der Waals surface area (Å²) in [6.07, 6.45) is 0. The van der Waals surface area contributed by atoms with Crippen LogP contribution < -0.4 is 0 Å². The average Bonchev–Trinajstić information content (AvgIpc) is 3.41. The Morgan fingerprint density at radius 1 is 0.931 bits per heavy atom. The van der Waals surface area contributed by atoms with Crippen molar-refractivity contribution in [3.8, 4) is 0 Å². The first-order valence-corrected chi connectivity index (χ1v) is 17.5. The van der Waals surface area contributed by atoms with Gasteiger partial charge >= 0.3 is 0 Å². The van der Waals surface area contributed by atoms with Crippen molar-refractivity contribution in [2.45, 2.75) is 15.4 Å². The van der Waals surface area contributed by atoms with Crippen LogP contribution >= 0.6 is 126 Å².